The minimum atomic E-state index is -3.67. The largest absolute Gasteiger partial charge is 0.494 e. The van der Waals surface area contributed by atoms with E-state index in [0.29, 0.717) is 30.4 Å². The maximum absolute atomic E-state index is 12.7. The Balaban J connectivity index is 0.000000709. The Morgan fingerprint density at radius 2 is 1.91 bits per heavy atom. The molecule has 4 rings (SSSR count). The van der Waals surface area contributed by atoms with Crippen molar-refractivity contribution in [2.75, 3.05) is 33.2 Å². The lowest BCUT2D eigenvalue weighted by Gasteiger charge is -2.38. The minimum Gasteiger partial charge on any atom is -0.494 e. The summed E-state index contributed by atoms with van der Waals surface area (Å²) in [4.78, 5) is 32.8. The van der Waals surface area contributed by atoms with Gasteiger partial charge in [-0.15, -0.1) is 0 Å². The fraction of sp³-hybridized carbons (Fsp3) is 0.609. The van der Waals surface area contributed by atoms with Gasteiger partial charge in [0.05, 0.1) is 6.08 Å². The Morgan fingerprint density at radius 1 is 1.24 bits per heavy atom. The predicted molar refractivity (Wildman–Crippen MR) is 117 cm³/mol. The molecule has 2 amide bonds. The van der Waals surface area contributed by atoms with Gasteiger partial charge in [-0.1, -0.05) is 12.5 Å². The number of pyridine rings is 1. The van der Waals surface area contributed by atoms with Crippen LogP contribution in [0.25, 0.3) is 5.88 Å². The van der Waals surface area contributed by atoms with E-state index in [-0.39, 0.29) is 24.2 Å². The zero-order valence-corrected chi connectivity index (χ0v) is 19.0. The molecule has 182 valence electrons. The molecule has 1 aliphatic heterocycles. The molecule has 1 aromatic rings. The summed E-state index contributed by atoms with van der Waals surface area (Å²) in [5.74, 6) is 0.636. The standard InChI is InChI=1S/C22H30N4O3.CHF3/c1-15-10-18(17-6-7-17)13-26(22(15)23-2)20(28)11-19(27)25-9-8-24(21(29)14-25)12-16-4-3-5-16;2-1(3)4/h10-11,13,16-17,28H,3-9,12,14H2,1-2H3;1H/b20-11-,23-22?;. The molecular weight excluding hydrogens is 437 g/mol. The molecule has 1 aromatic heterocycles. The number of nitrogens with zero attached hydrogens (tertiary/aromatic N) is 4. The zero-order valence-electron chi connectivity index (χ0n) is 19.0. The summed E-state index contributed by atoms with van der Waals surface area (Å²) in [5, 5.41) is 10.7. The molecule has 0 spiro atoms. The number of halogens is 3. The second kappa shape index (κ2) is 10.9. The lowest BCUT2D eigenvalue weighted by Crippen LogP contribution is -2.53. The quantitative estimate of drug-likeness (QED) is 0.533. The fourth-order valence-corrected chi connectivity index (χ4v) is 4.20. The summed E-state index contributed by atoms with van der Waals surface area (Å²) >= 11 is 0. The Bertz CT molecular complexity index is 965. The molecule has 0 radical (unpaired) electrons. The van der Waals surface area contributed by atoms with Crippen LogP contribution in [0.1, 0.15) is 49.1 Å². The molecule has 1 N–H and O–H groups in total. The van der Waals surface area contributed by atoms with Crippen molar-refractivity contribution < 1.29 is 27.9 Å². The van der Waals surface area contributed by atoms with E-state index < -0.39 is 6.68 Å². The van der Waals surface area contributed by atoms with Crippen molar-refractivity contribution in [1.29, 1.82) is 0 Å². The molecule has 7 nitrogen and oxygen atoms in total. The molecular formula is C23H31F3N4O3. The first-order valence-electron chi connectivity index (χ1n) is 11.3. The third-order valence-electron chi connectivity index (χ3n) is 6.34. The van der Waals surface area contributed by atoms with E-state index in [1.54, 1.807) is 11.6 Å². The molecule has 3 fully saturated rings. The van der Waals surface area contributed by atoms with Crippen LogP contribution in [0, 0.1) is 12.8 Å². The minimum absolute atomic E-state index is 0.00661. The average molecular weight is 469 g/mol. The van der Waals surface area contributed by atoms with Crippen LogP contribution in [-0.4, -0.2) is 71.2 Å². The fourth-order valence-electron chi connectivity index (χ4n) is 4.20. The molecule has 0 aromatic carbocycles. The number of amides is 2. The van der Waals surface area contributed by atoms with E-state index in [1.165, 1.54) is 30.2 Å². The lowest BCUT2D eigenvalue weighted by atomic mass is 9.85. The number of hydrogen-bond acceptors (Lipinski definition) is 4. The van der Waals surface area contributed by atoms with Crippen molar-refractivity contribution in [1.82, 2.24) is 14.4 Å². The summed E-state index contributed by atoms with van der Waals surface area (Å²) in [5.41, 5.74) is 2.74. The van der Waals surface area contributed by atoms with Gasteiger partial charge in [-0.25, -0.2) is 0 Å². The Kier molecular flexibility index (Phi) is 8.20. The van der Waals surface area contributed by atoms with Crippen LogP contribution >= 0.6 is 0 Å². The van der Waals surface area contributed by atoms with Gasteiger partial charge < -0.3 is 14.9 Å². The van der Waals surface area contributed by atoms with Gasteiger partial charge in [0, 0.05) is 32.9 Å². The molecule has 0 atom stereocenters. The Hall–Kier alpha value is -2.78. The molecule has 1 saturated heterocycles. The third-order valence-corrected chi connectivity index (χ3v) is 6.34. The number of aromatic nitrogens is 1. The van der Waals surface area contributed by atoms with Gasteiger partial charge in [-0.2, -0.15) is 13.2 Å². The first-order valence-corrected chi connectivity index (χ1v) is 11.3. The highest BCUT2D eigenvalue weighted by atomic mass is 19.4. The van der Waals surface area contributed by atoms with Gasteiger partial charge in [0.1, 0.15) is 12.0 Å². The van der Waals surface area contributed by atoms with Crippen molar-refractivity contribution in [2.45, 2.75) is 51.6 Å². The van der Waals surface area contributed by atoms with E-state index in [4.69, 9.17) is 0 Å². The molecule has 0 bridgehead atoms. The highest BCUT2D eigenvalue weighted by Crippen LogP contribution is 2.39. The lowest BCUT2D eigenvalue weighted by molar-refractivity contribution is -0.143. The highest BCUT2D eigenvalue weighted by Gasteiger charge is 2.30. The number of rotatable bonds is 5. The van der Waals surface area contributed by atoms with Gasteiger partial charge in [0.2, 0.25) is 11.8 Å². The molecule has 10 heteroatoms. The first kappa shape index (κ1) is 24.9. The van der Waals surface area contributed by atoms with E-state index in [2.05, 4.69) is 11.1 Å². The van der Waals surface area contributed by atoms with Crippen LogP contribution in [0.2, 0.25) is 0 Å². The maximum atomic E-state index is 12.7. The first-order chi connectivity index (χ1) is 15.7. The van der Waals surface area contributed by atoms with E-state index in [1.807, 2.05) is 18.0 Å². The van der Waals surface area contributed by atoms with E-state index in [0.717, 1.165) is 30.5 Å². The monoisotopic (exact) mass is 468 g/mol. The summed E-state index contributed by atoms with van der Waals surface area (Å²) in [7, 11) is 1.67. The predicted octanol–water partition coefficient (Wildman–Crippen LogP) is 3.21. The second-order valence-electron chi connectivity index (χ2n) is 8.79. The van der Waals surface area contributed by atoms with Crippen LogP contribution in [0.5, 0.6) is 0 Å². The molecule has 2 aliphatic carbocycles. The summed E-state index contributed by atoms with van der Waals surface area (Å²) in [6, 6.07) is 2.10. The van der Waals surface area contributed by atoms with Gasteiger partial charge in [0.25, 0.3) is 5.91 Å². The van der Waals surface area contributed by atoms with Crippen molar-refractivity contribution >= 4 is 17.7 Å². The van der Waals surface area contributed by atoms with E-state index in [9.17, 15) is 27.9 Å². The van der Waals surface area contributed by atoms with Gasteiger partial charge >= 0.3 is 6.68 Å². The number of aliphatic hydroxyl groups excluding tert-OH is 1. The molecule has 2 saturated carbocycles. The van der Waals surface area contributed by atoms with Crippen molar-refractivity contribution in [2.24, 2.45) is 10.9 Å². The van der Waals surface area contributed by atoms with Crippen LogP contribution < -0.4 is 5.49 Å². The number of piperazine rings is 1. The van der Waals surface area contributed by atoms with Gasteiger partial charge in [0.15, 0.2) is 0 Å². The smallest absolute Gasteiger partial charge is 0.379 e. The SMILES string of the molecule is CN=c1c(C)cc(C2CC2)cn1/C(O)=C/C(=O)N1CCN(CC2CCC2)C(=O)C1.FC(F)F. The summed E-state index contributed by atoms with van der Waals surface area (Å²) < 4.78 is 30.6. The Labute approximate surface area is 191 Å². The Morgan fingerprint density at radius 3 is 2.42 bits per heavy atom. The second-order valence-corrected chi connectivity index (χ2v) is 8.79. The average Bonchev–Trinajstić information content (AvgIpc) is 3.55. The van der Waals surface area contributed by atoms with Crippen molar-refractivity contribution in [3.05, 3.63) is 35.0 Å². The van der Waals surface area contributed by atoms with Crippen LogP contribution in [0.15, 0.2) is 23.3 Å². The van der Waals surface area contributed by atoms with Gasteiger partial charge in [-0.3, -0.25) is 19.1 Å². The van der Waals surface area contributed by atoms with Crippen molar-refractivity contribution in [3.8, 4) is 0 Å². The number of alkyl halides is 3. The zero-order chi connectivity index (χ0) is 24.1. The normalized spacial score (nSPS) is 20.0. The van der Waals surface area contributed by atoms with E-state index >= 15 is 0 Å². The molecule has 33 heavy (non-hydrogen) atoms. The number of carbonyl (C=O) groups is 2. The highest BCUT2D eigenvalue weighted by molar-refractivity contribution is 5.94. The van der Waals surface area contributed by atoms with Crippen molar-refractivity contribution in [3.63, 3.8) is 0 Å². The summed E-state index contributed by atoms with van der Waals surface area (Å²) in [6.07, 6.45) is 9.03. The van der Waals surface area contributed by atoms with Crippen LogP contribution in [0.4, 0.5) is 13.2 Å². The van der Waals surface area contributed by atoms with Crippen LogP contribution in [0.3, 0.4) is 0 Å². The number of carbonyl (C=O) groups excluding carboxylic acids is 2. The number of hydrogen-bond donors (Lipinski definition) is 1. The maximum Gasteiger partial charge on any atom is 0.379 e. The molecule has 2 heterocycles. The topological polar surface area (TPSA) is 78.1 Å². The van der Waals surface area contributed by atoms with Crippen LogP contribution in [-0.2, 0) is 9.59 Å². The number of aliphatic hydroxyl groups is 1. The van der Waals surface area contributed by atoms with Gasteiger partial charge in [-0.05, 0) is 55.6 Å². The molecule has 3 aliphatic rings. The summed E-state index contributed by atoms with van der Waals surface area (Å²) in [6.45, 7) is 0.241. The molecule has 0 unspecified atom stereocenters. The number of aryl methyl sites for hydroxylation is 1. The third kappa shape index (κ3) is 6.61.